The SMILES string of the molecule is FC(F)c1cc(=S)n(-c2cnccn2)[nH]1. The number of halogens is 2. The lowest BCUT2D eigenvalue weighted by atomic mass is 10.5. The van der Waals surface area contributed by atoms with Crippen LogP contribution in [0.5, 0.6) is 0 Å². The first-order chi connectivity index (χ1) is 7.18. The summed E-state index contributed by atoms with van der Waals surface area (Å²) in [4.78, 5) is 7.76. The van der Waals surface area contributed by atoms with Gasteiger partial charge in [-0.1, -0.05) is 12.2 Å². The predicted molar refractivity (Wildman–Crippen MR) is 51.5 cm³/mol. The Labute approximate surface area is 88.6 Å². The van der Waals surface area contributed by atoms with E-state index >= 15 is 0 Å². The molecule has 7 heteroatoms. The van der Waals surface area contributed by atoms with Crippen LogP contribution in [-0.2, 0) is 0 Å². The molecule has 2 rings (SSSR count). The van der Waals surface area contributed by atoms with E-state index in [1.807, 2.05) is 0 Å². The number of aromatic amines is 1. The zero-order valence-corrected chi connectivity index (χ0v) is 8.21. The first-order valence-corrected chi connectivity index (χ1v) is 4.46. The first-order valence-electron chi connectivity index (χ1n) is 4.05. The zero-order valence-electron chi connectivity index (χ0n) is 7.39. The van der Waals surface area contributed by atoms with Crippen LogP contribution in [0.25, 0.3) is 5.82 Å². The van der Waals surface area contributed by atoms with E-state index < -0.39 is 6.43 Å². The summed E-state index contributed by atoms with van der Waals surface area (Å²) in [5.74, 6) is 0.384. The number of nitrogens with zero attached hydrogens (tertiary/aromatic N) is 3. The highest BCUT2D eigenvalue weighted by Gasteiger charge is 2.11. The van der Waals surface area contributed by atoms with Crippen molar-refractivity contribution in [2.75, 3.05) is 0 Å². The van der Waals surface area contributed by atoms with Crippen molar-refractivity contribution < 1.29 is 8.78 Å². The van der Waals surface area contributed by atoms with Crippen LogP contribution < -0.4 is 0 Å². The molecule has 0 fully saturated rings. The van der Waals surface area contributed by atoms with E-state index in [0.29, 0.717) is 5.82 Å². The second kappa shape index (κ2) is 3.85. The van der Waals surface area contributed by atoms with Gasteiger partial charge in [0, 0.05) is 18.5 Å². The molecule has 4 nitrogen and oxygen atoms in total. The molecule has 0 bridgehead atoms. The van der Waals surface area contributed by atoms with Crippen molar-refractivity contribution in [2.45, 2.75) is 6.43 Å². The highest BCUT2D eigenvalue weighted by Crippen LogP contribution is 2.17. The second-order valence-corrected chi connectivity index (χ2v) is 3.17. The summed E-state index contributed by atoms with van der Waals surface area (Å²) in [5.41, 5.74) is -0.231. The minimum absolute atomic E-state index is 0.231. The molecule has 2 aromatic heterocycles. The van der Waals surface area contributed by atoms with Crippen LogP contribution in [0.2, 0.25) is 0 Å². The summed E-state index contributed by atoms with van der Waals surface area (Å²) < 4.78 is 26.2. The van der Waals surface area contributed by atoms with Gasteiger partial charge in [-0.3, -0.25) is 10.1 Å². The standard InChI is InChI=1S/C8H6F2N4S/c9-8(10)5-3-7(15)14(13-5)6-4-11-1-2-12-6/h1-4,8,13H. The molecular formula is C8H6F2N4S. The molecule has 0 aromatic carbocycles. The summed E-state index contributed by atoms with van der Waals surface area (Å²) in [6.45, 7) is 0. The molecule has 0 saturated carbocycles. The van der Waals surface area contributed by atoms with Gasteiger partial charge in [0.2, 0.25) is 0 Å². The lowest BCUT2D eigenvalue weighted by Gasteiger charge is -1.99. The molecular weight excluding hydrogens is 222 g/mol. The van der Waals surface area contributed by atoms with E-state index in [1.165, 1.54) is 29.3 Å². The lowest BCUT2D eigenvalue weighted by Crippen LogP contribution is -2.00. The van der Waals surface area contributed by atoms with Gasteiger partial charge >= 0.3 is 0 Å². The Morgan fingerprint density at radius 3 is 2.73 bits per heavy atom. The summed E-state index contributed by atoms with van der Waals surface area (Å²) in [6.07, 6.45) is 1.80. The van der Waals surface area contributed by atoms with E-state index in [9.17, 15) is 8.78 Å². The minimum Gasteiger partial charge on any atom is -0.290 e. The highest BCUT2D eigenvalue weighted by atomic mass is 32.1. The number of hydrogen-bond acceptors (Lipinski definition) is 3. The monoisotopic (exact) mass is 228 g/mol. The fourth-order valence-corrected chi connectivity index (χ4v) is 1.37. The van der Waals surface area contributed by atoms with Gasteiger partial charge in [0.05, 0.1) is 6.20 Å². The van der Waals surface area contributed by atoms with Crippen molar-refractivity contribution in [3.05, 3.63) is 35.0 Å². The molecule has 78 valence electrons. The molecule has 2 heterocycles. The van der Waals surface area contributed by atoms with Crippen LogP contribution >= 0.6 is 12.2 Å². The van der Waals surface area contributed by atoms with Crippen LogP contribution in [0.3, 0.4) is 0 Å². The Morgan fingerprint density at radius 2 is 2.20 bits per heavy atom. The number of nitrogens with one attached hydrogen (secondary N) is 1. The maximum atomic E-state index is 12.3. The number of rotatable bonds is 2. The van der Waals surface area contributed by atoms with Crippen molar-refractivity contribution in [1.29, 1.82) is 0 Å². The van der Waals surface area contributed by atoms with Gasteiger partial charge in [-0.05, 0) is 0 Å². The maximum Gasteiger partial charge on any atom is 0.279 e. The fraction of sp³-hybridized carbons (Fsp3) is 0.125. The zero-order chi connectivity index (χ0) is 10.8. The summed E-state index contributed by atoms with van der Waals surface area (Å²) in [5, 5.41) is 2.46. The van der Waals surface area contributed by atoms with Gasteiger partial charge in [0.1, 0.15) is 10.3 Å². The third kappa shape index (κ3) is 1.91. The van der Waals surface area contributed by atoms with Crippen molar-refractivity contribution in [2.24, 2.45) is 0 Å². The first kappa shape index (κ1) is 9.91. The van der Waals surface area contributed by atoms with E-state index in [2.05, 4.69) is 15.1 Å². The number of aromatic nitrogens is 4. The number of hydrogen-bond donors (Lipinski definition) is 1. The smallest absolute Gasteiger partial charge is 0.279 e. The van der Waals surface area contributed by atoms with Crippen LogP contribution in [0.4, 0.5) is 8.78 Å². The average Bonchev–Trinajstić information content (AvgIpc) is 2.62. The Balaban J connectivity index is 2.50. The molecule has 0 aliphatic carbocycles. The number of H-pyrrole nitrogens is 1. The molecule has 0 aliphatic heterocycles. The Hall–Kier alpha value is -1.63. The van der Waals surface area contributed by atoms with E-state index in [1.54, 1.807) is 0 Å². The summed E-state index contributed by atoms with van der Waals surface area (Å²) in [6, 6.07) is 1.20. The largest absolute Gasteiger partial charge is 0.290 e. The molecule has 2 aromatic rings. The predicted octanol–water partition coefficient (Wildman–Crippen LogP) is 2.26. The number of alkyl halides is 2. The lowest BCUT2D eigenvalue weighted by molar-refractivity contribution is 0.145. The molecule has 0 aliphatic rings. The topological polar surface area (TPSA) is 46.5 Å². The Morgan fingerprint density at radius 1 is 1.40 bits per heavy atom. The van der Waals surface area contributed by atoms with Crippen molar-refractivity contribution in [3.63, 3.8) is 0 Å². The van der Waals surface area contributed by atoms with Crippen LogP contribution in [0.15, 0.2) is 24.7 Å². The van der Waals surface area contributed by atoms with Gasteiger partial charge in [-0.15, -0.1) is 0 Å². The normalized spacial score (nSPS) is 10.9. The van der Waals surface area contributed by atoms with Gasteiger partial charge in [-0.2, -0.15) is 0 Å². The molecule has 0 atom stereocenters. The van der Waals surface area contributed by atoms with E-state index in [0.717, 1.165) is 0 Å². The Kier molecular flexibility index (Phi) is 2.55. The molecule has 0 unspecified atom stereocenters. The van der Waals surface area contributed by atoms with Crippen LogP contribution in [0.1, 0.15) is 12.1 Å². The second-order valence-electron chi connectivity index (χ2n) is 2.75. The van der Waals surface area contributed by atoms with Crippen molar-refractivity contribution in [1.82, 2.24) is 19.7 Å². The van der Waals surface area contributed by atoms with Crippen molar-refractivity contribution >= 4 is 12.2 Å². The molecule has 15 heavy (non-hydrogen) atoms. The highest BCUT2D eigenvalue weighted by molar-refractivity contribution is 7.71. The fourth-order valence-electron chi connectivity index (χ4n) is 1.10. The molecule has 0 amide bonds. The summed E-state index contributed by atoms with van der Waals surface area (Å²) in [7, 11) is 0. The third-order valence-electron chi connectivity index (χ3n) is 1.75. The van der Waals surface area contributed by atoms with Crippen molar-refractivity contribution in [3.8, 4) is 5.82 Å². The van der Waals surface area contributed by atoms with Crippen LogP contribution in [-0.4, -0.2) is 19.7 Å². The van der Waals surface area contributed by atoms with Crippen LogP contribution in [0, 0.1) is 4.64 Å². The molecule has 0 spiro atoms. The van der Waals surface area contributed by atoms with Gasteiger partial charge in [-0.25, -0.2) is 18.4 Å². The minimum atomic E-state index is -2.58. The molecule has 0 radical (unpaired) electrons. The van der Waals surface area contributed by atoms with Gasteiger partial charge in [0.25, 0.3) is 6.43 Å². The molecule has 0 saturated heterocycles. The van der Waals surface area contributed by atoms with Gasteiger partial charge in [0.15, 0.2) is 5.82 Å². The third-order valence-corrected chi connectivity index (χ3v) is 2.05. The van der Waals surface area contributed by atoms with E-state index in [-0.39, 0.29) is 10.3 Å². The molecule has 1 N–H and O–H groups in total. The maximum absolute atomic E-state index is 12.3. The van der Waals surface area contributed by atoms with E-state index in [4.69, 9.17) is 12.2 Å². The Bertz CT molecular complexity index is 505. The van der Waals surface area contributed by atoms with Gasteiger partial charge < -0.3 is 0 Å². The summed E-state index contributed by atoms with van der Waals surface area (Å²) >= 11 is 4.90. The average molecular weight is 228 g/mol. The quantitative estimate of drug-likeness (QED) is 0.802.